The van der Waals surface area contributed by atoms with Crippen molar-refractivity contribution in [3.8, 4) is 0 Å². The van der Waals surface area contributed by atoms with Crippen molar-refractivity contribution in [2.45, 2.75) is 38.3 Å². The van der Waals surface area contributed by atoms with Gasteiger partial charge in [-0.1, -0.05) is 23.9 Å². The summed E-state index contributed by atoms with van der Waals surface area (Å²) in [4.78, 5) is 7.04. The molecule has 8 nitrogen and oxygen atoms in total. The molecule has 0 radical (unpaired) electrons. The Kier molecular flexibility index (Phi) is 6.43. The van der Waals surface area contributed by atoms with E-state index in [0.29, 0.717) is 22.0 Å². The highest BCUT2D eigenvalue weighted by Crippen LogP contribution is 2.35. The normalized spacial score (nSPS) is 17.4. The van der Waals surface area contributed by atoms with Crippen LogP contribution in [0.1, 0.15) is 36.8 Å². The average Bonchev–Trinajstić information content (AvgIpc) is 3.61. The van der Waals surface area contributed by atoms with E-state index in [1.54, 1.807) is 6.33 Å². The minimum atomic E-state index is 0.364. The predicted molar refractivity (Wildman–Crippen MR) is 135 cm³/mol. The lowest BCUT2D eigenvalue weighted by molar-refractivity contribution is 0.195. The lowest BCUT2D eigenvalue weighted by Gasteiger charge is -2.31. The molecule has 5 rings (SSSR count). The summed E-state index contributed by atoms with van der Waals surface area (Å²) in [5, 5.41) is 28.8. The number of rotatable bonds is 7. The van der Waals surface area contributed by atoms with Gasteiger partial charge in [-0.3, -0.25) is 15.7 Å². The van der Waals surface area contributed by atoms with Crippen LogP contribution in [0.2, 0.25) is 0 Å². The van der Waals surface area contributed by atoms with Gasteiger partial charge in [0.25, 0.3) is 0 Å². The highest BCUT2D eigenvalue weighted by Gasteiger charge is 2.28. The molecule has 1 aromatic carbocycles. The number of aromatic nitrogens is 3. The maximum atomic E-state index is 8.42. The quantitative estimate of drug-likeness (QED) is 0.311. The zero-order valence-electron chi connectivity index (χ0n) is 18.8. The van der Waals surface area contributed by atoms with E-state index in [4.69, 9.17) is 10.8 Å². The molecule has 0 spiro atoms. The molecule has 3 heterocycles. The molecule has 4 N–H and O–H groups in total. The number of thioether (sulfide) groups is 1. The fourth-order valence-corrected chi connectivity index (χ4v) is 5.20. The Morgan fingerprint density at radius 3 is 2.73 bits per heavy atom. The summed E-state index contributed by atoms with van der Waals surface area (Å²) in [5.41, 5.74) is 3.87. The summed E-state index contributed by atoms with van der Waals surface area (Å²) in [5.74, 6) is 1.12. The van der Waals surface area contributed by atoms with Gasteiger partial charge in [-0.05, 0) is 69.6 Å². The molecule has 1 saturated heterocycles. The molecule has 0 bridgehead atoms. The number of nitrogens with one attached hydrogen (secondary N) is 4. The van der Waals surface area contributed by atoms with Crippen LogP contribution in [0.15, 0.2) is 42.9 Å². The molecule has 2 aromatic heterocycles. The summed E-state index contributed by atoms with van der Waals surface area (Å²) in [6.45, 7) is 3.04. The molecule has 0 amide bonds. The molecule has 1 aliphatic heterocycles. The molecule has 0 unspecified atom stereocenters. The summed E-state index contributed by atoms with van der Waals surface area (Å²) in [6, 6.07) is 10.6. The third kappa shape index (κ3) is 5.10. The van der Waals surface area contributed by atoms with E-state index in [1.165, 1.54) is 30.2 Å². The highest BCUT2D eigenvalue weighted by atomic mass is 32.2. The second-order valence-electron chi connectivity index (χ2n) is 8.86. The molecule has 9 heteroatoms. The number of likely N-dealkylation sites (tertiary alicyclic amines) is 1. The van der Waals surface area contributed by atoms with Crippen LogP contribution < -0.4 is 10.6 Å². The van der Waals surface area contributed by atoms with E-state index in [9.17, 15) is 0 Å². The molecule has 33 heavy (non-hydrogen) atoms. The Balaban J connectivity index is 1.33. The first-order valence-electron chi connectivity index (χ1n) is 11.5. The largest absolute Gasteiger partial charge is 0.338 e. The molecule has 172 valence electrons. The number of benzene rings is 1. The van der Waals surface area contributed by atoms with Crippen molar-refractivity contribution in [2.75, 3.05) is 25.5 Å². The summed E-state index contributed by atoms with van der Waals surface area (Å²) in [6.07, 6.45) is 8.05. The average molecular weight is 463 g/mol. The van der Waals surface area contributed by atoms with Gasteiger partial charge in [0.15, 0.2) is 5.82 Å². The smallest absolute Gasteiger partial charge is 0.158 e. The van der Waals surface area contributed by atoms with E-state index < -0.39 is 0 Å². The number of piperidine rings is 1. The van der Waals surface area contributed by atoms with Crippen molar-refractivity contribution in [3.63, 3.8) is 0 Å². The Morgan fingerprint density at radius 1 is 1.15 bits per heavy atom. The second kappa shape index (κ2) is 9.62. The zero-order valence-corrected chi connectivity index (χ0v) is 19.7. The van der Waals surface area contributed by atoms with Crippen molar-refractivity contribution < 1.29 is 0 Å². The molecule has 1 saturated carbocycles. The first kappa shape index (κ1) is 22.1. The van der Waals surface area contributed by atoms with Crippen LogP contribution in [0.4, 0.5) is 11.5 Å². The predicted octanol–water partition coefficient (Wildman–Crippen LogP) is 4.10. The molecule has 1 aliphatic carbocycles. The van der Waals surface area contributed by atoms with Crippen molar-refractivity contribution in [2.24, 2.45) is 5.92 Å². The molecular weight excluding hydrogens is 432 g/mol. The Labute approximate surface area is 198 Å². The molecule has 0 atom stereocenters. The first-order chi connectivity index (χ1) is 16.1. The number of hydrogen-bond acceptors (Lipinski definition) is 8. The molecule has 2 aliphatic rings. The van der Waals surface area contributed by atoms with Crippen LogP contribution in [0, 0.1) is 16.7 Å². The van der Waals surface area contributed by atoms with Gasteiger partial charge in [-0.15, -0.1) is 0 Å². The molecular formula is C24H30N8S. The summed E-state index contributed by atoms with van der Waals surface area (Å²) >= 11 is 1.26. The lowest BCUT2D eigenvalue weighted by Crippen LogP contribution is -2.40. The van der Waals surface area contributed by atoms with Crippen LogP contribution in [-0.4, -0.2) is 55.8 Å². The summed E-state index contributed by atoms with van der Waals surface area (Å²) in [7, 11) is 2.04. The van der Waals surface area contributed by atoms with Gasteiger partial charge < -0.3 is 10.6 Å². The fourth-order valence-electron chi connectivity index (χ4n) is 4.33. The van der Waals surface area contributed by atoms with Gasteiger partial charge in [0.05, 0.1) is 5.04 Å². The van der Waals surface area contributed by atoms with Gasteiger partial charge in [0.1, 0.15) is 16.9 Å². The van der Waals surface area contributed by atoms with E-state index in [0.717, 1.165) is 55.1 Å². The van der Waals surface area contributed by atoms with Crippen LogP contribution in [-0.2, 0) is 6.54 Å². The minimum Gasteiger partial charge on any atom is -0.338 e. The fraction of sp³-hybridized carbons (Fsp3) is 0.417. The number of anilines is 2. The number of nitrogens with zero attached hydrogens (tertiary/aromatic N) is 4. The van der Waals surface area contributed by atoms with Crippen LogP contribution >= 0.6 is 11.8 Å². The van der Waals surface area contributed by atoms with Crippen molar-refractivity contribution in [1.82, 2.24) is 24.8 Å². The van der Waals surface area contributed by atoms with Crippen LogP contribution in [0.3, 0.4) is 0 Å². The van der Waals surface area contributed by atoms with E-state index in [2.05, 4.69) is 31.7 Å². The van der Waals surface area contributed by atoms with Crippen molar-refractivity contribution in [1.29, 1.82) is 10.8 Å². The van der Waals surface area contributed by atoms with Gasteiger partial charge in [-0.2, -0.15) is 5.10 Å². The standard InChI is InChI=1S/C24H30N8S/c1-27-19-8-10-31(11-9-19)14-18-7-12-32-21(18)24(28-15-29-32)30-20-4-2-3-17(13-20)23(26)33-22(25)16-5-6-16/h2-4,7,12-13,15-16,19,25-27H,5-6,8-11,14H2,1H3,(H,28,29,30). The topological polar surface area (TPSA) is 105 Å². The lowest BCUT2D eigenvalue weighted by atomic mass is 10.0. The van der Waals surface area contributed by atoms with Gasteiger partial charge in [-0.25, -0.2) is 9.50 Å². The maximum absolute atomic E-state index is 8.42. The Hall–Kier alpha value is -2.75. The second-order valence-corrected chi connectivity index (χ2v) is 9.91. The monoisotopic (exact) mass is 462 g/mol. The third-order valence-electron chi connectivity index (χ3n) is 6.47. The van der Waals surface area contributed by atoms with Crippen molar-refractivity contribution in [3.05, 3.63) is 54.0 Å². The van der Waals surface area contributed by atoms with Gasteiger partial charge >= 0.3 is 0 Å². The Bertz CT molecular complexity index is 1160. The maximum Gasteiger partial charge on any atom is 0.158 e. The van der Waals surface area contributed by atoms with Gasteiger partial charge in [0.2, 0.25) is 0 Å². The number of fused-ring (bicyclic) bond motifs is 1. The molecule has 3 aromatic rings. The third-order valence-corrected chi connectivity index (χ3v) is 7.47. The SMILES string of the molecule is CNC1CCN(Cc2ccn3ncnc(Nc4cccc(C(=N)SC(=N)C5CC5)c4)c23)CC1. The van der Waals surface area contributed by atoms with Gasteiger partial charge in [0, 0.05) is 36.0 Å². The van der Waals surface area contributed by atoms with E-state index in [-0.39, 0.29) is 0 Å². The van der Waals surface area contributed by atoms with Crippen LogP contribution in [0.5, 0.6) is 0 Å². The van der Waals surface area contributed by atoms with E-state index >= 15 is 0 Å². The van der Waals surface area contributed by atoms with E-state index in [1.807, 2.05) is 42.0 Å². The zero-order chi connectivity index (χ0) is 22.8. The minimum absolute atomic E-state index is 0.364. The molecule has 2 fully saturated rings. The summed E-state index contributed by atoms with van der Waals surface area (Å²) < 4.78 is 1.88. The highest BCUT2D eigenvalue weighted by molar-refractivity contribution is 8.26. The number of hydrogen-bond donors (Lipinski definition) is 4. The van der Waals surface area contributed by atoms with Crippen molar-refractivity contribution >= 4 is 38.9 Å². The van der Waals surface area contributed by atoms with Crippen LogP contribution in [0.25, 0.3) is 5.52 Å². The first-order valence-corrected chi connectivity index (χ1v) is 12.4. The Morgan fingerprint density at radius 2 is 1.97 bits per heavy atom.